The Hall–Kier alpha value is -0.840. The number of thiophene rings is 1. The molecule has 2 rings (SSSR count). The highest BCUT2D eigenvalue weighted by Gasteiger charge is 2.06. The molecule has 0 fully saturated rings. The molecule has 92 valence electrons. The predicted octanol–water partition coefficient (Wildman–Crippen LogP) is 3.34. The van der Waals surface area contributed by atoms with Crippen LogP contribution in [0, 0.1) is 0 Å². The zero-order chi connectivity index (χ0) is 12.1. The third kappa shape index (κ3) is 3.84. The van der Waals surface area contributed by atoms with Gasteiger partial charge in [-0.25, -0.2) is 0 Å². The quantitative estimate of drug-likeness (QED) is 0.815. The Morgan fingerprint density at radius 2 is 2.47 bits per heavy atom. The van der Waals surface area contributed by atoms with E-state index < -0.39 is 0 Å². The SMILES string of the molecule is CC(NCCCn1cccn1)c1csc(Cl)c1. The lowest BCUT2D eigenvalue weighted by molar-refractivity contribution is 0.507. The fourth-order valence-electron chi connectivity index (χ4n) is 1.66. The molecule has 1 N–H and O–H groups in total. The van der Waals surface area contributed by atoms with Gasteiger partial charge in [0.05, 0.1) is 4.34 Å². The van der Waals surface area contributed by atoms with Gasteiger partial charge in [0, 0.05) is 25.0 Å². The van der Waals surface area contributed by atoms with Crippen LogP contribution in [0.15, 0.2) is 29.9 Å². The number of hydrogen-bond acceptors (Lipinski definition) is 3. The van der Waals surface area contributed by atoms with Crippen molar-refractivity contribution in [3.8, 4) is 0 Å². The first-order valence-corrected chi connectivity index (χ1v) is 6.96. The van der Waals surface area contributed by atoms with Crippen LogP contribution in [0.5, 0.6) is 0 Å². The van der Waals surface area contributed by atoms with Crippen molar-refractivity contribution >= 4 is 22.9 Å². The summed E-state index contributed by atoms with van der Waals surface area (Å²) in [5.41, 5.74) is 1.26. The first-order valence-electron chi connectivity index (χ1n) is 5.70. The lowest BCUT2D eigenvalue weighted by Crippen LogP contribution is -2.20. The van der Waals surface area contributed by atoms with Crippen LogP contribution in [-0.2, 0) is 6.54 Å². The van der Waals surface area contributed by atoms with E-state index in [1.807, 2.05) is 29.2 Å². The van der Waals surface area contributed by atoms with Crippen molar-refractivity contribution in [1.82, 2.24) is 15.1 Å². The summed E-state index contributed by atoms with van der Waals surface area (Å²) in [6.07, 6.45) is 4.87. The zero-order valence-corrected chi connectivity index (χ0v) is 11.3. The van der Waals surface area contributed by atoms with Crippen LogP contribution in [0.2, 0.25) is 4.34 Å². The van der Waals surface area contributed by atoms with E-state index >= 15 is 0 Å². The van der Waals surface area contributed by atoms with Crippen molar-refractivity contribution < 1.29 is 0 Å². The summed E-state index contributed by atoms with van der Waals surface area (Å²) < 4.78 is 2.80. The molecule has 3 nitrogen and oxygen atoms in total. The third-order valence-corrected chi connectivity index (χ3v) is 3.77. The summed E-state index contributed by atoms with van der Waals surface area (Å²) in [6.45, 7) is 4.10. The van der Waals surface area contributed by atoms with Crippen molar-refractivity contribution in [2.75, 3.05) is 6.54 Å². The molecule has 0 bridgehead atoms. The topological polar surface area (TPSA) is 29.9 Å². The average Bonchev–Trinajstić information content (AvgIpc) is 2.95. The molecule has 0 radical (unpaired) electrons. The zero-order valence-electron chi connectivity index (χ0n) is 9.77. The minimum atomic E-state index is 0.358. The predicted molar refractivity (Wildman–Crippen MR) is 72.6 cm³/mol. The van der Waals surface area contributed by atoms with Crippen LogP contribution in [0.3, 0.4) is 0 Å². The largest absolute Gasteiger partial charge is 0.310 e. The average molecular weight is 270 g/mol. The normalized spacial score (nSPS) is 12.8. The van der Waals surface area contributed by atoms with Gasteiger partial charge in [0.25, 0.3) is 0 Å². The van der Waals surface area contributed by atoms with Gasteiger partial charge in [-0.2, -0.15) is 5.10 Å². The van der Waals surface area contributed by atoms with E-state index in [2.05, 4.69) is 22.7 Å². The lowest BCUT2D eigenvalue weighted by atomic mass is 10.2. The van der Waals surface area contributed by atoms with Gasteiger partial charge < -0.3 is 5.32 Å². The highest BCUT2D eigenvalue weighted by Crippen LogP contribution is 2.24. The smallest absolute Gasteiger partial charge is 0.0931 e. The molecule has 0 aliphatic carbocycles. The fourth-order valence-corrected chi connectivity index (χ4v) is 2.65. The first kappa shape index (κ1) is 12.6. The van der Waals surface area contributed by atoms with Gasteiger partial charge in [-0.15, -0.1) is 11.3 Å². The Kier molecular flexibility index (Phi) is 4.59. The summed E-state index contributed by atoms with van der Waals surface area (Å²) in [6, 6.07) is 4.33. The third-order valence-electron chi connectivity index (χ3n) is 2.66. The number of halogens is 1. The monoisotopic (exact) mass is 269 g/mol. The molecule has 1 unspecified atom stereocenters. The van der Waals surface area contributed by atoms with E-state index in [4.69, 9.17) is 11.6 Å². The Morgan fingerprint density at radius 3 is 3.12 bits per heavy atom. The van der Waals surface area contributed by atoms with Crippen LogP contribution in [0.4, 0.5) is 0 Å². The highest BCUT2D eigenvalue weighted by molar-refractivity contribution is 7.14. The summed E-state index contributed by atoms with van der Waals surface area (Å²) in [5.74, 6) is 0. The standard InChI is InChI=1S/C12H16ClN3S/c1-10(11-8-12(13)17-9-11)14-4-2-6-16-7-3-5-15-16/h3,5,7-10,14H,2,4,6H2,1H3. The summed E-state index contributed by atoms with van der Waals surface area (Å²) in [4.78, 5) is 0. The number of aromatic nitrogens is 2. The van der Waals surface area contributed by atoms with E-state index in [9.17, 15) is 0 Å². The maximum absolute atomic E-state index is 5.91. The summed E-state index contributed by atoms with van der Waals surface area (Å²) in [7, 11) is 0. The fraction of sp³-hybridized carbons (Fsp3) is 0.417. The Bertz CT molecular complexity index is 438. The van der Waals surface area contributed by atoms with E-state index in [1.54, 1.807) is 11.3 Å². The number of aryl methyl sites for hydroxylation is 1. The number of nitrogens with one attached hydrogen (secondary N) is 1. The van der Waals surface area contributed by atoms with Gasteiger partial charge in [0.2, 0.25) is 0 Å². The number of nitrogens with zero attached hydrogens (tertiary/aromatic N) is 2. The molecule has 0 aliphatic rings. The van der Waals surface area contributed by atoms with Crippen LogP contribution in [0.1, 0.15) is 24.9 Å². The van der Waals surface area contributed by atoms with Crippen molar-refractivity contribution in [1.29, 1.82) is 0 Å². The maximum Gasteiger partial charge on any atom is 0.0931 e. The van der Waals surface area contributed by atoms with Gasteiger partial charge in [0.1, 0.15) is 0 Å². The highest BCUT2D eigenvalue weighted by atomic mass is 35.5. The minimum absolute atomic E-state index is 0.358. The molecule has 0 saturated heterocycles. The van der Waals surface area contributed by atoms with Gasteiger partial charge in [-0.05, 0) is 43.0 Å². The molecule has 5 heteroatoms. The minimum Gasteiger partial charge on any atom is -0.310 e. The van der Waals surface area contributed by atoms with Crippen LogP contribution >= 0.6 is 22.9 Å². The molecule has 17 heavy (non-hydrogen) atoms. The van der Waals surface area contributed by atoms with Crippen molar-refractivity contribution in [2.45, 2.75) is 25.9 Å². The Labute approximate surface area is 110 Å². The Balaban J connectivity index is 1.68. The molecule has 0 aliphatic heterocycles. The molecule has 1 atom stereocenters. The molecule has 0 aromatic carbocycles. The first-order chi connectivity index (χ1) is 8.25. The maximum atomic E-state index is 5.91. The van der Waals surface area contributed by atoms with Gasteiger partial charge in [0.15, 0.2) is 0 Å². The van der Waals surface area contributed by atoms with E-state index in [0.29, 0.717) is 6.04 Å². The molecule has 0 saturated carbocycles. The van der Waals surface area contributed by atoms with Crippen LogP contribution in [-0.4, -0.2) is 16.3 Å². The lowest BCUT2D eigenvalue weighted by Gasteiger charge is -2.12. The molecule has 0 amide bonds. The van der Waals surface area contributed by atoms with Gasteiger partial charge in [-0.3, -0.25) is 4.68 Å². The number of rotatable bonds is 6. The molecular formula is C12H16ClN3S. The van der Waals surface area contributed by atoms with Crippen molar-refractivity contribution in [3.63, 3.8) is 0 Å². The van der Waals surface area contributed by atoms with E-state index in [0.717, 1.165) is 23.8 Å². The molecule has 2 aromatic rings. The second-order valence-electron chi connectivity index (χ2n) is 3.98. The van der Waals surface area contributed by atoms with E-state index in [1.165, 1.54) is 5.56 Å². The Morgan fingerprint density at radius 1 is 1.59 bits per heavy atom. The van der Waals surface area contributed by atoms with Gasteiger partial charge >= 0.3 is 0 Å². The molecule has 0 spiro atoms. The molecular weight excluding hydrogens is 254 g/mol. The van der Waals surface area contributed by atoms with Crippen LogP contribution in [0.25, 0.3) is 0 Å². The van der Waals surface area contributed by atoms with Crippen molar-refractivity contribution in [3.05, 3.63) is 39.8 Å². The second kappa shape index (κ2) is 6.19. The van der Waals surface area contributed by atoms with Gasteiger partial charge in [-0.1, -0.05) is 11.6 Å². The summed E-state index contributed by atoms with van der Waals surface area (Å²) in [5, 5.41) is 9.75. The van der Waals surface area contributed by atoms with E-state index in [-0.39, 0.29) is 0 Å². The molecule has 2 aromatic heterocycles. The summed E-state index contributed by atoms with van der Waals surface area (Å²) >= 11 is 7.49. The second-order valence-corrected chi connectivity index (χ2v) is 5.53. The van der Waals surface area contributed by atoms with Crippen LogP contribution < -0.4 is 5.32 Å². The molecule has 2 heterocycles. The number of hydrogen-bond donors (Lipinski definition) is 1. The van der Waals surface area contributed by atoms with Crippen molar-refractivity contribution in [2.24, 2.45) is 0 Å².